The molecular formula is C17H25NO2. The van der Waals surface area contributed by atoms with Crippen molar-refractivity contribution in [2.75, 3.05) is 13.1 Å². The molecule has 1 aliphatic rings. The average molecular weight is 275 g/mol. The van der Waals surface area contributed by atoms with E-state index in [-0.39, 0.29) is 17.4 Å². The van der Waals surface area contributed by atoms with E-state index in [4.69, 9.17) is 0 Å². The van der Waals surface area contributed by atoms with E-state index in [1.165, 1.54) is 11.1 Å². The van der Waals surface area contributed by atoms with Crippen LogP contribution in [0.2, 0.25) is 0 Å². The number of hydrogen-bond donors (Lipinski definition) is 1. The van der Waals surface area contributed by atoms with E-state index in [2.05, 4.69) is 45.0 Å². The molecular weight excluding hydrogens is 250 g/mol. The largest absolute Gasteiger partial charge is 0.391 e. The molecule has 0 aliphatic carbocycles. The number of benzene rings is 1. The lowest BCUT2D eigenvalue weighted by Gasteiger charge is -2.33. The third-order valence-electron chi connectivity index (χ3n) is 4.18. The summed E-state index contributed by atoms with van der Waals surface area (Å²) in [6.45, 7) is 7.55. The fourth-order valence-corrected chi connectivity index (χ4v) is 2.78. The smallest absolute Gasteiger partial charge is 0.223 e. The number of aliphatic hydroxyl groups is 1. The lowest BCUT2D eigenvalue weighted by atomic mass is 9.80. The van der Waals surface area contributed by atoms with Gasteiger partial charge in [0, 0.05) is 19.5 Å². The second-order valence-electron chi connectivity index (χ2n) is 6.56. The molecule has 1 fully saturated rings. The molecule has 0 spiro atoms. The molecule has 1 aliphatic heterocycles. The standard InChI is InChI=1S/C17H25NO2/c1-13-6-8-14(9-7-13)17(2,3)11-16(20)18-10-4-5-15(19)12-18/h6-9,15,19H,4-5,10-12H2,1-3H3. The molecule has 1 amide bonds. The normalized spacial score (nSPS) is 20.0. The molecule has 1 unspecified atom stereocenters. The fourth-order valence-electron chi connectivity index (χ4n) is 2.78. The first-order valence-corrected chi connectivity index (χ1v) is 7.41. The number of aliphatic hydroxyl groups excluding tert-OH is 1. The fraction of sp³-hybridized carbons (Fsp3) is 0.588. The predicted octanol–water partition coefficient (Wildman–Crippen LogP) is 2.65. The lowest BCUT2D eigenvalue weighted by Crippen LogP contribution is -2.44. The number of carbonyl (C=O) groups excluding carboxylic acids is 1. The highest BCUT2D eigenvalue weighted by molar-refractivity contribution is 5.78. The summed E-state index contributed by atoms with van der Waals surface area (Å²) in [5.41, 5.74) is 2.25. The van der Waals surface area contributed by atoms with Gasteiger partial charge in [-0.25, -0.2) is 0 Å². The van der Waals surface area contributed by atoms with Gasteiger partial charge in [0.05, 0.1) is 6.10 Å². The van der Waals surface area contributed by atoms with Gasteiger partial charge in [-0.2, -0.15) is 0 Å². The first-order valence-electron chi connectivity index (χ1n) is 7.41. The molecule has 1 heterocycles. The predicted molar refractivity (Wildman–Crippen MR) is 80.6 cm³/mol. The van der Waals surface area contributed by atoms with Crippen LogP contribution in [0, 0.1) is 6.92 Å². The maximum absolute atomic E-state index is 12.4. The quantitative estimate of drug-likeness (QED) is 0.921. The minimum absolute atomic E-state index is 0.148. The highest BCUT2D eigenvalue weighted by atomic mass is 16.3. The van der Waals surface area contributed by atoms with Crippen LogP contribution >= 0.6 is 0 Å². The lowest BCUT2D eigenvalue weighted by molar-refractivity contribution is -0.135. The average Bonchev–Trinajstić information content (AvgIpc) is 2.38. The first-order chi connectivity index (χ1) is 9.38. The summed E-state index contributed by atoms with van der Waals surface area (Å²) in [7, 11) is 0. The van der Waals surface area contributed by atoms with E-state index in [1.54, 1.807) is 0 Å². The van der Waals surface area contributed by atoms with Gasteiger partial charge in [-0.3, -0.25) is 4.79 Å². The molecule has 20 heavy (non-hydrogen) atoms. The molecule has 0 saturated carbocycles. The molecule has 1 aromatic carbocycles. The zero-order chi connectivity index (χ0) is 14.8. The molecule has 1 aromatic rings. The highest BCUT2D eigenvalue weighted by Gasteiger charge is 2.29. The van der Waals surface area contributed by atoms with Crippen molar-refractivity contribution < 1.29 is 9.90 Å². The number of amides is 1. The number of hydrogen-bond acceptors (Lipinski definition) is 2. The van der Waals surface area contributed by atoms with Crippen molar-refractivity contribution in [3.8, 4) is 0 Å². The molecule has 0 bridgehead atoms. The van der Waals surface area contributed by atoms with E-state index in [1.807, 2.05) is 4.90 Å². The molecule has 1 N–H and O–H groups in total. The van der Waals surface area contributed by atoms with E-state index < -0.39 is 0 Å². The Morgan fingerprint density at radius 2 is 2.00 bits per heavy atom. The number of piperidine rings is 1. The minimum atomic E-state index is -0.352. The van der Waals surface area contributed by atoms with Crippen molar-refractivity contribution in [3.63, 3.8) is 0 Å². The molecule has 3 heteroatoms. The van der Waals surface area contributed by atoms with Crippen molar-refractivity contribution in [1.29, 1.82) is 0 Å². The Morgan fingerprint density at radius 1 is 1.35 bits per heavy atom. The summed E-state index contributed by atoms with van der Waals surface area (Å²) in [5, 5.41) is 9.68. The van der Waals surface area contributed by atoms with Crippen LogP contribution < -0.4 is 0 Å². The summed E-state index contributed by atoms with van der Waals surface area (Å²) in [6.07, 6.45) is 1.85. The molecule has 3 nitrogen and oxygen atoms in total. The Balaban J connectivity index is 2.03. The Bertz CT molecular complexity index is 464. The maximum atomic E-state index is 12.4. The molecule has 0 aromatic heterocycles. The number of carbonyl (C=O) groups is 1. The summed E-state index contributed by atoms with van der Waals surface area (Å²) in [6, 6.07) is 8.39. The molecule has 1 saturated heterocycles. The van der Waals surface area contributed by atoms with E-state index >= 15 is 0 Å². The highest BCUT2D eigenvalue weighted by Crippen LogP contribution is 2.28. The van der Waals surface area contributed by atoms with E-state index in [0.29, 0.717) is 13.0 Å². The number of likely N-dealkylation sites (tertiary alicyclic amines) is 1. The second kappa shape index (κ2) is 5.96. The summed E-state index contributed by atoms with van der Waals surface area (Å²) >= 11 is 0. The Morgan fingerprint density at radius 3 is 2.60 bits per heavy atom. The topological polar surface area (TPSA) is 40.5 Å². The van der Waals surface area contributed by atoms with Crippen molar-refractivity contribution >= 4 is 5.91 Å². The van der Waals surface area contributed by atoms with Gasteiger partial charge in [0.1, 0.15) is 0 Å². The van der Waals surface area contributed by atoms with Crippen molar-refractivity contribution in [2.24, 2.45) is 0 Å². The van der Waals surface area contributed by atoms with Crippen LogP contribution in [0.1, 0.15) is 44.2 Å². The van der Waals surface area contributed by atoms with Gasteiger partial charge in [0.2, 0.25) is 5.91 Å². The second-order valence-corrected chi connectivity index (χ2v) is 6.56. The third kappa shape index (κ3) is 3.60. The molecule has 110 valence electrons. The number of aryl methyl sites for hydroxylation is 1. The number of rotatable bonds is 3. The molecule has 2 rings (SSSR count). The van der Waals surface area contributed by atoms with Crippen LogP contribution in [0.5, 0.6) is 0 Å². The van der Waals surface area contributed by atoms with Crippen molar-refractivity contribution in [3.05, 3.63) is 35.4 Å². The minimum Gasteiger partial charge on any atom is -0.391 e. The Kier molecular flexibility index (Phi) is 4.48. The van der Waals surface area contributed by atoms with Crippen LogP contribution in [-0.4, -0.2) is 35.1 Å². The van der Waals surface area contributed by atoms with E-state index in [0.717, 1.165) is 19.4 Å². The Hall–Kier alpha value is -1.35. The van der Waals surface area contributed by atoms with Crippen LogP contribution in [0.3, 0.4) is 0 Å². The Labute approximate surface area is 121 Å². The molecule has 1 atom stereocenters. The summed E-state index contributed by atoms with van der Waals surface area (Å²) in [5.74, 6) is 0.148. The zero-order valence-electron chi connectivity index (χ0n) is 12.7. The summed E-state index contributed by atoms with van der Waals surface area (Å²) < 4.78 is 0. The van der Waals surface area contributed by atoms with Gasteiger partial charge in [0.15, 0.2) is 0 Å². The zero-order valence-corrected chi connectivity index (χ0v) is 12.7. The van der Waals surface area contributed by atoms with Crippen LogP contribution in [0.15, 0.2) is 24.3 Å². The SMILES string of the molecule is Cc1ccc(C(C)(C)CC(=O)N2CCCC(O)C2)cc1. The summed E-state index contributed by atoms with van der Waals surface area (Å²) in [4.78, 5) is 14.2. The molecule has 0 radical (unpaired) electrons. The van der Waals surface area contributed by atoms with Gasteiger partial charge >= 0.3 is 0 Å². The van der Waals surface area contributed by atoms with Crippen LogP contribution in [0.25, 0.3) is 0 Å². The van der Waals surface area contributed by atoms with Gasteiger partial charge in [-0.1, -0.05) is 43.7 Å². The van der Waals surface area contributed by atoms with Gasteiger partial charge in [-0.05, 0) is 30.7 Å². The van der Waals surface area contributed by atoms with Crippen molar-refractivity contribution in [1.82, 2.24) is 4.90 Å². The van der Waals surface area contributed by atoms with Gasteiger partial charge in [0.25, 0.3) is 0 Å². The number of β-amino-alcohol motifs (C(OH)–C–C–N with tert-alkyl or cyclic N) is 1. The van der Waals surface area contributed by atoms with Gasteiger partial charge < -0.3 is 10.0 Å². The van der Waals surface area contributed by atoms with Crippen LogP contribution in [-0.2, 0) is 10.2 Å². The number of nitrogens with zero attached hydrogens (tertiary/aromatic N) is 1. The third-order valence-corrected chi connectivity index (χ3v) is 4.18. The van der Waals surface area contributed by atoms with Crippen LogP contribution in [0.4, 0.5) is 0 Å². The van der Waals surface area contributed by atoms with E-state index in [9.17, 15) is 9.90 Å². The maximum Gasteiger partial charge on any atom is 0.223 e. The monoisotopic (exact) mass is 275 g/mol. The van der Waals surface area contributed by atoms with Crippen molar-refractivity contribution in [2.45, 2.75) is 51.6 Å². The van der Waals surface area contributed by atoms with Gasteiger partial charge in [-0.15, -0.1) is 0 Å². The first kappa shape index (κ1) is 15.0.